The highest BCUT2D eigenvalue weighted by Gasteiger charge is 2.27. The Morgan fingerprint density at radius 2 is 2.00 bits per heavy atom. The highest BCUT2D eigenvalue weighted by atomic mass is 32.2. The Bertz CT molecular complexity index is 991. The van der Waals surface area contributed by atoms with Gasteiger partial charge in [0, 0.05) is 19.2 Å². The Morgan fingerprint density at radius 3 is 2.68 bits per heavy atom. The van der Waals surface area contributed by atoms with Gasteiger partial charge in [-0.1, -0.05) is 18.2 Å². The van der Waals surface area contributed by atoms with E-state index >= 15 is 0 Å². The minimum absolute atomic E-state index is 0.0742. The van der Waals surface area contributed by atoms with Gasteiger partial charge in [0.15, 0.2) is 0 Å². The van der Waals surface area contributed by atoms with E-state index in [2.05, 4.69) is 11.8 Å². The Morgan fingerprint density at radius 1 is 1.29 bits per heavy atom. The topological polar surface area (TPSA) is 92.9 Å². The van der Waals surface area contributed by atoms with E-state index in [1.807, 2.05) is 24.3 Å². The monoisotopic (exact) mass is 403 g/mol. The minimum atomic E-state index is -3.87. The van der Waals surface area contributed by atoms with Gasteiger partial charge in [-0.25, -0.2) is 13.6 Å². The fraction of sp³-hybridized carbons (Fsp3) is 0.350. The Hall–Kier alpha value is -2.58. The van der Waals surface area contributed by atoms with Crippen LogP contribution in [-0.2, 0) is 10.0 Å². The number of hydrogen-bond acceptors (Lipinski definition) is 5. The molecule has 8 heteroatoms. The molecule has 1 aliphatic heterocycles. The molecule has 2 aromatic rings. The second-order valence-electron chi connectivity index (χ2n) is 6.95. The van der Waals surface area contributed by atoms with E-state index in [0.717, 1.165) is 18.0 Å². The maximum Gasteiger partial charge on any atom is 0.254 e. The lowest BCUT2D eigenvalue weighted by Crippen LogP contribution is -2.46. The van der Waals surface area contributed by atoms with E-state index in [4.69, 9.17) is 9.88 Å². The maximum atomic E-state index is 12.9. The van der Waals surface area contributed by atoms with Crippen molar-refractivity contribution in [2.75, 3.05) is 31.6 Å². The highest BCUT2D eigenvalue weighted by Crippen LogP contribution is 2.33. The van der Waals surface area contributed by atoms with Crippen LogP contribution in [0.15, 0.2) is 47.4 Å². The molecule has 1 unspecified atom stereocenters. The van der Waals surface area contributed by atoms with Crippen molar-refractivity contribution >= 4 is 21.6 Å². The Labute approximate surface area is 165 Å². The Kier molecular flexibility index (Phi) is 5.62. The predicted octanol–water partition coefficient (Wildman–Crippen LogP) is 2.00. The maximum absolute atomic E-state index is 12.9. The molecule has 150 valence electrons. The lowest BCUT2D eigenvalue weighted by Gasteiger charge is -2.37. The average molecular weight is 404 g/mol. The van der Waals surface area contributed by atoms with Gasteiger partial charge in [-0.15, -0.1) is 0 Å². The van der Waals surface area contributed by atoms with E-state index in [9.17, 15) is 13.2 Å². The largest absolute Gasteiger partial charge is 0.485 e. The first kappa shape index (κ1) is 20.2. The summed E-state index contributed by atoms with van der Waals surface area (Å²) in [6.07, 6.45) is -0.189. The number of nitrogens with two attached hydrogens (primary N) is 1. The van der Waals surface area contributed by atoms with Crippen LogP contribution >= 0.6 is 0 Å². The van der Waals surface area contributed by atoms with Gasteiger partial charge in [0.2, 0.25) is 10.0 Å². The number of primary sulfonamides is 1. The SMILES string of the molecule is CCN1CC(CN(C)C(=O)c2cc(S(N)(=O)=O)ccc2C)Oc2ccccc21. The van der Waals surface area contributed by atoms with Crippen molar-refractivity contribution in [1.82, 2.24) is 4.90 Å². The fourth-order valence-corrected chi connectivity index (χ4v) is 3.92. The summed E-state index contributed by atoms with van der Waals surface area (Å²) in [6, 6.07) is 12.2. The van der Waals surface area contributed by atoms with Crippen LogP contribution in [0.25, 0.3) is 0 Å². The quantitative estimate of drug-likeness (QED) is 0.824. The molecule has 0 saturated heterocycles. The summed E-state index contributed by atoms with van der Waals surface area (Å²) in [5, 5.41) is 5.20. The van der Waals surface area contributed by atoms with Gasteiger partial charge in [0.05, 0.1) is 23.7 Å². The third-order valence-electron chi connectivity index (χ3n) is 4.90. The normalized spacial score (nSPS) is 16.3. The molecule has 0 radical (unpaired) electrons. The summed E-state index contributed by atoms with van der Waals surface area (Å²) < 4.78 is 29.3. The summed E-state index contributed by atoms with van der Waals surface area (Å²) in [7, 11) is -2.19. The number of rotatable bonds is 5. The first-order chi connectivity index (χ1) is 13.2. The molecule has 2 aromatic carbocycles. The number of ether oxygens (including phenoxy) is 1. The summed E-state index contributed by atoms with van der Waals surface area (Å²) in [4.78, 5) is 16.6. The van der Waals surface area contributed by atoms with E-state index in [0.29, 0.717) is 24.2 Å². The molecule has 0 spiro atoms. The number of amides is 1. The molecule has 3 rings (SSSR count). The van der Waals surface area contributed by atoms with Gasteiger partial charge < -0.3 is 14.5 Å². The second kappa shape index (κ2) is 7.81. The summed E-state index contributed by atoms with van der Waals surface area (Å²) in [5.74, 6) is 0.530. The number of sulfonamides is 1. The molecule has 7 nitrogen and oxygen atoms in total. The van der Waals surface area contributed by atoms with Crippen molar-refractivity contribution < 1.29 is 17.9 Å². The summed E-state index contributed by atoms with van der Waals surface area (Å²) in [5.41, 5.74) is 2.05. The van der Waals surface area contributed by atoms with Crippen LogP contribution in [-0.4, -0.2) is 52.0 Å². The van der Waals surface area contributed by atoms with Crippen molar-refractivity contribution in [3.05, 3.63) is 53.6 Å². The number of likely N-dealkylation sites (N-methyl/N-ethyl adjacent to an activating group) is 2. The highest BCUT2D eigenvalue weighted by molar-refractivity contribution is 7.89. The van der Waals surface area contributed by atoms with Crippen molar-refractivity contribution in [3.63, 3.8) is 0 Å². The zero-order valence-electron chi connectivity index (χ0n) is 16.3. The van der Waals surface area contributed by atoms with Crippen molar-refractivity contribution in [1.29, 1.82) is 0 Å². The van der Waals surface area contributed by atoms with Gasteiger partial charge in [0.1, 0.15) is 11.9 Å². The standard InChI is InChI=1S/C20H25N3O4S/c1-4-23-13-15(27-19-8-6-5-7-18(19)23)12-22(3)20(24)17-11-16(28(21,25)26)10-9-14(17)2/h5-11,15H,4,12-13H2,1-3H3,(H2,21,25,26). The van der Waals surface area contributed by atoms with E-state index < -0.39 is 10.0 Å². The van der Waals surface area contributed by atoms with Crippen LogP contribution in [0.5, 0.6) is 5.75 Å². The second-order valence-corrected chi connectivity index (χ2v) is 8.52. The van der Waals surface area contributed by atoms with E-state index in [-0.39, 0.29) is 16.9 Å². The van der Waals surface area contributed by atoms with E-state index in [1.54, 1.807) is 24.9 Å². The smallest absolute Gasteiger partial charge is 0.254 e. The number of carbonyl (C=O) groups excluding carboxylic acids is 1. The summed E-state index contributed by atoms with van der Waals surface area (Å²) in [6.45, 7) is 5.73. The molecule has 1 amide bonds. The number of carbonyl (C=O) groups is 1. The van der Waals surface area contributed by atoms with Gasteiger partial charge >= 0.3 is 0 Å². The Balaban J connectivity index is 1.79. The number of aryl methyl sites for hydroxylation is 1. The minimum Gasteiger partial charge on any atom is -0.485 e. The van der Waals surface area contributed by atoms with E-state index in [1.165, 1.54) is 12.1 Å². The number of hydrogen-bond donors (Lipinski definition) is 1. The van der Waals surface area contributed by atoms with Crippen LogP contribution in [0.4, 0.5) is 5.69 Å². The molecule has 28 heavy (non-hydrogen) atoms. The zero-order chi connectivity index (χ0) is 20.5. The molecular weight excluding hydrogens is 378 g/mol. The number of fused-ring (bicyclic) bond motifs is 1. The van der Waals surface area contributed by atoms with Gasteiger partial charge in [-0.05, 0) is 43.7 Å². The number of anilines is 1. The molecule has 0 fully saturated rings. The molecule has 1 atom stereocenters. The summed E-state index contributed by atoms with van der Waals surface area (Å²) >= 11 is 0. The van der Waals surface area contributed by atoms with Crippen LogP contribution in [0, 0.1) is 6.92 Å². The lowest BCUT2D eigenvalue weighted by molar-refractivity contribution is 0.0708. The molecule has 0 aromatic heterocycles. The number of para-hydroxylation sites is 2. The van der Waals surface area contributed by atoms with Crippen molar-refractivity contribution in [2.24, 2.45) is 5.14 Å². The molecule has 0 saturated carbocycles. The molecule has 1 aliphatic rings. The predicted molar refractivity (Wildman–Crippen MR) is 108 cm³/mol. The van der Waals surface area contributed by atoms with Crippen LogP contribution in [0.2, 0.25) is 0 Å². The van der Waals surface area contributed by atoms with Crippen LogP contribution < -0.4 is 14.8 Å². The molecular formula is C20H25N3O4S. The van der Waals surface area contributed by atoms with Gasteiger partial charge in [-0.3, -0.25) is 4.79 Å². The van der Waals surface area contributed by atoms with Crippen LogP contribution in [0.3, 0.4) is 0 Å². The first-order valence-electron chi connectivity index (χ1n) is 9.10. The van der Waals surface area contributed by atoms with Crippen molar-refractivity contribution in [3.8, 4) is 5.75 Å². The third-order valence-corrected chi connectivity index (χ3v) is 5.81. The van der Waals surface area contributed by atoms with Crippen LogP contribution in [0.1, 0.15) is 22.8 Å². The van der Waals surface area contributed by atoms with Crippen molar-refractivity contribution in [2.45, 2.75) is 24.8 Å². The number of nitrogens with zero attached hydrogens (tertiary/aromatic N) is 2. The lowest BCUT2D eigenvalue weighted by atomic mass is 10.1. The molecule has 0 aliphatic carbocycles. The third kappa shape index (κ3) is 4.13. The molecule has 2 N–H and O–H groups in total. The zero-order valence-corrected chi connectivity index (χ0v) is 17.1. The average Bonchev–Trinajstić information content (AvgIpc) is 2.66. The van der Waals surface area contributed by atoms with Gasteiger partial charge in [-0.2, -0.15) is 0 Å². The first-order valence-corrected chi connectivity index (χ1v) is 10.6. The molecule has 0 bridgehead atoms. The number of benzene rings is 2. The molecule has 1 heterocycles. The fourth-order valence-electron chi connectivity index (χ4n) is 3.38. The van der Waals surface area contributed by atoms with Gasteiger partial charge in [0.25, 0.3) is 5.91 Å².